The summed E-state index contributed by atoms with van der Waals surface area (Å²) < 4.78 is 8.74. The first-order chi connectivity index (χ1) is 38.4. The number of aliphatic hydroxyl groups excluding tert-OH is 1. The number of carbonyl (C=O) groups is 2. The summed E-state index contributed by atoms with van der Waals surface area (Å²) in [6, 6.07) is 79.8. The summed E-state index contributed by atoms with van der Waals surface area (Å²) >= 11 is 16.1. The molecule has 0 spiro atoms. The van der Waals surface area contributed by atoms with Gasteiger partial charge >= 0.3 is 23.1 Å². The molecule has 0 atom stereocenters. The Balaban J connectivity index is -0.0000000900. The Kier molecular flexibility index (Phi) is 105. The average molecular weight is 1260 g/mol. The molecule has 10 heteroatoms. The molecule has 0 fully saturated rings. The smallest absolute Gasteiger partial charge is 1.00 e. The van der Waals surface area contributed by atoms with Gasteiger partial charge in [-0.3, -0.25) is 9.59 Å². The summed E-state index contributed by atoms with van der Waals surface area (Å²) in [5, 5.41) is 10.1. The third kappa shape index (κ3) is 58.1. The van der Waals surface area contributed by atoms with Crippen LogP contribution in [-0.2, 0) is 11.3 Å². The van der Waals surface area contributed by atoms with Crippen molar-refractivity contribution in [1.29, 1.82) is 0 Å². The maximum absolute atomic E-state index is 11.8. The second kappa shape index (κ2) is 86.3. The molecule has 0 aliphatic carbocycles. The van der Waals surface area contributed by atoms with Crippen molar-refractivity contribution in [3.63, 3.8) is 0 Å². The monoisotopic (exact) mass is 1260 g/mol. The van der Waals surface area contributed by atoms with E-state index in [1.165, 1.54) is 0 Å². The Morgan fingerprint density at radius 2 is 0.654 bits per heavy atom. The Morgan fingerprint density at radius 3 is 0.840 bits per heavy atom. The van der Waals surface area contributed by atoms with Crippen molar-refractivity contribution in [2.75, 3.05) is 5.34 Å². The average Bonchev–Trinajstić information content (AvgIpc) is 3.57. The van der Waals surface area contributed by atoms with Crippen molar-refractivity contribution in [2.45, 2.75) is 130 Å². The van der Waals surface area contributed by atoms with Gasteiger partial charge < -0.3 is 22.1 Å². The van der Waals surface area contributed by atoms with Gasteiger partial charge in [0.25, 0.3) is 0 Å². The van der Waals surface area contributed by atoms with E-state index in [1.54, 1.807) is 12.1 Å². The number of halogens is 4. The molecule has 8 rings (SSSR count). The number of aldehydes is 1. The number of rotatable bonds is 7. The van der Waals surface area contributed by atoms with E-state index in [0.29, 0.717) is 0 Å². The number of hydrogen-bond donors (Lipinski definition) is 1. The van der Waals surface area contributed by atoms with Crippen molar-refractivity contribution in [1.82, 2.24) is 0 Å². The number of ketones is 1. The van der Waals surface area contributed by atoms with Gasteiger partial charge in [0.15, 0.2) is 5.78 Å². The molecule has 0 aliphatic heterocycles. The molecular weight excluding hydrogens is 1160 g/mol. The zero-order valence-electron chi connectivity index (χ0n) is 51.0. The van der Waals surface area contributed by atoms with Crippen molar-refractivity contribution < 1.29 is 35.9 Å². The van der Waals surface area contributed by atoms with Crippen molar-refractivity contribution in [3.8, 4) is 0 Å². The zero-order valence-corrected chi connectivity index (χ0v) is 57.1. The summed E-state index contributed by atoms with van der Waals surface area (Å²) in [6.45, 7) is 32.0. The predicted octanol–water partition coefficient (Wildman–Crippen LogP) is 19.2. The van der Waals surface area contributed by atoms with Crippen LogP contribution in [0.4, 0.5) is 0 Å². The van der Waals surface area contributed by atoms with Gasteiger partial charge in [-0.05, 0) is 28.1 Å². The standard InChI is InChI=1S/C13H11Cl.C13H12O.C13H10O.C7H6O.C6H5.8C2H6.CH2Cl2.CH2OS.CH4.BrH.Mg/c3*14-13(11-7-3-1-4-8-11)12-9-5-2-6-10-12;8-6-7-4-2-1-3-5-7;1-2-4-6-5-3-1;8*1-2;2-1-3;1-3-2;;;/h1-10,13H;1-10,13-14H;1-10H;1-6H;1-5H;8*1-2H3;2*1H2;1H4;1H;/q;;;;-1;;;;;;;;;;;;;+2/p-1. The second-order valence-electron chi connectivity index (χ2n) is 12.3. The molecule has 0 saturated heterocycles. The van der Waals surface area contributed by atoms with E-state index in [-0.39, 0.29) is 75.2 Å². The van der Waals surface area contributed by atoms with E-state index < -0.39 is 6.10 Å². The van der Waals surface area contributed by atoms with Crippen LogP contribution < -0.4 is 17.0 Å². The van der Waals surface area contributed by atoms with E-state index in [4.69, 9.17) is 39.0 Å². The number of hydrogen-bond acceptors (Lipinski definition) is 4. The fourth-order valence-electron chi connectivity index (χ4n) is 5.12. The molecule has 444 valence electrons. The Morgan fingerprint density at radius 1 is 0.457 bits per heavy atom. The van der Waals surface area contributed by atoms with Gasteiger partial charge in [-0.25, -0.2) is 4.21 Å². The van der Waals surface area contributed by atoms with Crippen LogP contribution in [0.5, 0.6) is 0 Å². The van der Waals surface area contributed by atoms with Gasteiger partial charge in [0, 0.05) is 16.7 Å². The van der Waals surface area contributed by atoms with Crippen LogP contribution >= 0.6 is 34.8 Å². The molecule has 0 saturated carbocycles. The van der Waals surface area contributed by atoms with Crippen molar-refractivity contribution in [2.24, 2.45) is 0 Å². The zero-order chi connectivity index (χ0) is 60.9. The summed E-state index contributed by atoms with van der Waals surface area (Å²) in [7, 11) is 0. The molecule has 0 aliphatic rings. The molecule has 81 heavy (non-hydrogen) atoms. The van der Waals surface area contributed by atoms with Gasteiger partial charge in [-0.1, -0.05) is 331 Å². The number of aliphatic hydroxyl groups is 1. The fourth-order valence-corrected chi connectivity index (χ4v) is 5.41. The van der Waals surface area contributed by atoms with E-state index in [9.17, 15) is 14.7 Å². The van der Waals surface area contributed by atoms with E-state index in [0.717, 1.165) is 45.2 Å². The van der Waals surface area contributed by atoms with Crippen LogP contribution in [0, 0.1) is 6.07 Å². The molecule has 4 nitrogen and oxygen atoms in total. The van der Waals surface area contributed by atoms with Gasteiger partial charge in [-0.2, -0.15) is 36.4 Å². The van der Waals surface area contributed by atoms with Gasteiger partial charge in [0.2, 0.25) is 0 Å². The molecule has 0 radical (unpaired) electrons. The van der Waals surface area contributed by atoms with Crippen LogP contribution in [0.25, 0.3) is 0 Å². The molecule has 0 heterocycles. The first kappa shape index (κ1) is 98.2. The Hall–Kier alpha value is -4.93. The van der Waals surface area contributed by atoms with Crippen LogP contribution in [0.3, 0.4) is 0 Å². The van der Waals surface area contributed by atoms with E-state index >= 15 is 0 Å². The second-order valence-corrected chi connectivity index (χ2v) is 13.8. The molecular formula is C71H100BrCl3MgO4S. The molecule has 8 aromatic carbocycles. The number of carbonyl (C=O) groups excluding carboxylic acids is 2. The third-order valence-electron chi connectivity index (χ3n) is 8.03. The fraction of sp³-hybridized carbons (Fsp3) is 0.282. The maximum Gasteiger partial charge on any atom is 2.00 e. The van der Waals surface area contributed by atoms with E-state index in [1.807, 2.05) is 341 Å². The first-order valence-electron chi connectivity index (χ1n) is 27.1. The summed E-state index contributed by atoms with van der Waals surface area (Å²) in [5.41, 5.74) is 6.34. The summed E-state index contributed by atoms with van der Waals surface area (Å²) in [4.78, 5) is 21.9. The SMILES string of the molecule is C.C=S=O.CC.CC.CC.CC.CC.CC.CC.CC.ClC(c1ccccc1)c1ccccc1.ClCCl.O=C(c1ccccc1)c1ccccc1.O=Cc1ccccc1.OC(c1ccccc1)c1ccccc1.[Br-].[Mg+2].[c-]1ccccc1. The predicted molar refractivity (Wildman–Crippen MR) is 366 cm³/mol. The van der Waals surface area contributed by atoms with Gasteiger partial charge in [0.1, 0.15) is 12.4 Å². The minimum atomic E-state index is -0.516. The molecule has 0 amide bonds. The largest absolute Gasteiger partial charge is 2.00 e. The molecule has 0 unspecified atom stereocenters. The minimum Gasteiger partial charge on any atom is -1.00 e. The summed E-state index contributed by atoms with van der Waals surface area (Å²) in [5.74, 6) is 2.92. The normalized spacial score (nSPS) is 7.68. The maximum atomic E-state index is 11.8. The van der Waals surface area contributed by atoms with Crippen LogP contribution in [0.2, 0.25) is 0 Å². The minimum absolute atomic E-state index is 0. The third-order valence-corrected chi connectivity index (χ3v) is 8.53. The quantitative estimate of drug-likeness (QED) is 0.0431. The Bertz CT molecular complexity index is 2090. The number of benzene rings is 8. The molecule has 8 aromatic rings. The first-order valence-corrected chi connectivity index (χ1v) is 29.6. The number of alkyl halides is 3. The van der Waals surface area contributed by atoms with Crippen molar-refractivity contribution in [3.05, 3.63) is 288 Å². The topological polar surface area (TPSA) is 71.4 Å². The van der Waals surface area contributed by atoms with Gasteiger partial charge in [0.05, 0.1) is 22.0 Å². The Labute approximate surface area is 541 Å². The molecule has 0 bridgehead atoms. The van der Waals surface area contributed by atoms with Gasteiger partial charge in [-0.15, -0.1) is 34.8 Å². The van der Waals surface area contributed by atoms with Crippen LogP contribution in [0.15, 0.2) is 243 Å². The van der Waals surface area contributed by atoms with Crippen LogP contribution in [0.1, 0.15) is 178 Å². The van der Waals surface area contributed by atoms with E-state index in [2.05, 4.69) is 11.9 Å². The van der Waals surface area contributed by atoms with Crippen LogP contribution in [-0.4, -0.2) is 55.6 Å². The molecule has 1 N–H and O–H groups in total. The molecule has 0 aromatic heterocycles. The van der Waals surface area contributed by atoms with Crippen molar-refractivity contribution >= 4 is 87.1 Å². The summed E-state index contributed by atoms with van der Waals surface area (Å²) in [6.07, 6.45) is 0.317.